The minimum atomic E-state index is -0.733. The highest BCUT2D eigenvalue weighted by molar-refractivity contribution is 6.06. The molecule has 7 nitrogen and oxygen atoms in total. The summed E-state index contributed by atoms with van der Waals surface area (Å²) in [5.74, 6) is 2.51. The Balaban J connectivity index is 1.22. The van der Waals surface area contributed by atoms with Gasteiger partial charge in [-0.3, -0.25) is 19.2 Å². The zero-order valence-electron chi connectivity index (χ0n) is 33.7. The van der Waals surface area contributed by atoms with Gasteiger partial charge in [0.15, 0.2) is 5.78 Å². The third-order valence-electron chi connectivity index (χ3n) is 15.6. The molecule has 0 saturated heterocycles. The van der Waals surface area contributed by atoms with Gasteiger partial charge in [0.2, 0.25) is 5.91 Å². The van der Waals surface area contributed by atoms with Crippen molar-refractivity contribution >= 4 is 23.4 Å². The van der Waals surface area contributed by atoms with Gasteiger partial charge in [-0.2, -0.15) is 0 Å². The summed E-state index contributed by atoms with van der Waals surface area (Å²) in [5.41, 5.74) is 1.86. The van der Waals surface area contributed by atoms with Crippen LogP contribution in [0.3, 0.4) is 0 Å². The molecular weight excluding hydrogens is 650 g/mol. The molecular formula is C45H65NO6. The molecule has 1 N–H and O–H groups in total. The molecule has 5 aliphatic rings. The number of ether oxygens (including phenoxy) is 2. The minimum Gasteiger partial charge on any atom is -0.497 e. The lowest BCUT2D eigenvalue weighted by Gasteiger charge is -2.68. The monoisotopic (exact) mass is 715 g/mol. The predicted octanol–water partition coefficient (Wildman–Crippen LogP) is 8.86. The number of carbonyl (C=O) groups excluding carboxylic acids is 4. The number of hydrogen-bond acceptors (Lipinski definition) is 6. The Hall–Kier alpha value is -2.96. The smallest absolute Gasteiger partial charge is 0.307 e. The van der Waals surface area contributed by atoms with Crippen LogP contribution in [0.2, 0.25) is 0 Å². The molecule has 8 atom stereocenters. The highest BCUT2D eigenvalue weighted by atomic mass is 16.5. The van der Waals surface area contributed by atoms with Gasteiger partial charge in [-0.05, 0) is 134 Å². The Morgan fingerprint density at radius 1 is 0.904 bits per heavy atom. The number of Topliss-reactive ketones (excluding diaryl/α,β-unsaturated/α-hetero) is 2. The van der Waals surface area contributed by atoms with Crippen molar-refractivity contribution in [1.29, 1.82) is 0 Å². The molecule has 6 unspecified atom stereocenters. The van der Waals surface area contributed by atoms with E-state index in [0.717, 1.165) is 74.7 Å². The standard InChI is InChI=1S/C45H65NO6/c1-27(2)38-33(48)25-45(40(50)46-24-20-29-11-13-30(51-10)14-12-29)23-17-32-31(39(38)45)15-16-35-43(32,8)21-18-34-42(6,7)36(19-22-44(34,35)9)52-37(49)26-41(4,5)28(3)47/h11-14,27,31-32,34-36H,15-26H2,1-10H3,(H,46,50)/t31?,32?,34?,35?,36-,43?,44?,45+/m0/s1. The SMILES string of the molecule is COc1ccc(CCNC(=O)[C@@]23CCC4C(CCC5C4(C)CCC4C5(C)CC[C@H](OC(=O)CC(C)(C)C(C)=O)C4(C)C)C2=C(C(C)C)C(=O)C3)cc1. The maximum Gasteiger partial charge on any atom is 0.307 e. The molecule has 0 bridgehead atoms. The summed E-state index contributed by atoms with van der Waals surface area (Å²) in [6.45, 7) is 19.7. The van der Waals surface area contributed by atoms with Gasteiger partial charge < -0.3 is 14.8 Å². The second kappa shape index (κ2) is 13.7. The van der Waals surface area contributed by atoms with E-state index in [-0.39, 0.29) is 64.0 Å². The van der Waals surface area contributed by atoms with Gasteiger partial charge in [0.1, 0.15) is 17.6 Å². The van der Waals surface area contributed by atoms with Crippen LogP contribution in [0, 0.1) is 56.7 Å². The predicted molar refractivity (Wildman–Crippen MR) is 203 cm³/mol. The summed E-state index contributed by atoms with van der Waals surface area (Å²) in [5, 5.41) is 3.31. The molecule has 1 amide bonds. The van der Waals surface area contributed by atoms with E-state index >= 15 is 0 Å². The molecule has 0 spiro atoms. The number of hydrogen-bond donors (Lipinski definition) is 1. The van der Waals surface area contributed by atoms with Crippen LogP contribution in [0.1, 0.15) is 132 Å². The van der Waals surface area contributed by atoms with Gasteiger partial charge in [0.25, 0.3) is 0 Å². The number of allylic oxidation sites excluding steroid dienone is 1. The van der Waals surface area contributed by atoms with Crippen LogP contribution in [-0.4, -0.2) is 43.2 Å². The van der Waals surface area contributed by atoms with E-state index in [0.29, 0.717) is 30.7 Å². The third kappa shape index (κ3) is 6.28. The molecule has 0 radical (unpaired) electrons. The van der Waals surface area contributed by atoms with E-state index in [1.807, 2.05) is 38.1 Å². The maximum absolute atomic E-state index is 14.4. The Bertz CT molecular complexity index is 1620. The van der Waals surface area contributed by atoms with Crippen molar-refractivity contribution in [2.75, 3.05) is 13.7 Å². The van der Waals surface area contributed by atoms with E-state index in [1.165, 1.54) is 5.57 Å². The number of benzene rings is 1. The van der Waals surface area contributed by atoms with E-state index in [4.69, 9.17) is 9.47 Å². The summed E-state index contributed by atoms with van der Waals surface area (Å²) in [4.78, 5) is 53.6. The molecule has 0 heterocycles. The van der Waals surface area contributed by atoms with Gasteiger partial charge in [0.05, 0.1) is 18.9 Å². The summed E-state index contributed by atoms with van der Waals surface area (Å²) in [6.07, 6.45) is 8.86. The largest absolute Gasteiger partial charge is 0.497 e. The van der Waals surface area contributed by atoms with Crippen LogP contribution in [0.15, 0.2) is 35.4 Å². The van der Waals surface area contributed by atoms with Crippen LogP contribution in [0.4, 0.5) is 0 Å². The first kappa shape index (κ1) is 38.8. The first-order chi connectivity index (χ1) is 24.3. The van der Waals surface area contributed by atoms with Crippen molar-refractivity contribution < 1.29 is 28.7 Å². The average Bonchev–Trinajstić information content (AvgIpc) is 3.39. The summed E-state index contributed by atoms with van der Waals surface area (Å²) >= 11 is 0. The second-order valence-electron chi connectivity index (χ2n) is 19.5. The molecule has 1 aromatic rings. The molecule has 1 aromatic carbocycles. The number of amides is 1. The van der Waals surface area contributed by atoms with E-state index < -0.39 is 10.8 Å². The lowest BCUT2D eigenvalue weighted by Crippen LogP contribution is -2.63. The third-order valence-corrected chi connectivity index (χ3v) is 15.6. The van der Waals surface area contributed by atoms with Crippen LogP contribution in [0.25, 0.3) is 0 Å². The van der Waals surface area contributed by atoms with Crippen molar-refractivity contribution in [2.24, 2.45) is 56.7 Å². The summed E-state index contributed by atoms with van der Waals surface area (Å²) in [6, 6.07) is 7.99. The van der Waals surface area contributed by atoms with Crippen molar-refractivity contribution in [1.82, 2.24) is 5.32 Å². The zero-order chi connectivity index (χ0) is 38.0. The molecule has 0 aromatic heterocycles. The number of ketones is 2. The molecule has 52 heavy (non-hydrogen) atoms. The molecule has 4 saturated carbocycles. The summed E-state index contributed by atoms with van der Waals surface area (Å²) in [7, 11) is 1.66. The van der Waals surface area contributed by atoms with Gasteiger partial charge in [-0.25, -0.2) is 0 Å². The van der Waals surface area contributed by atoms with Crippen LogP contribution in [0.5, 0.6) is 5.75 Å². The van der Waals surface area contributed by atoms with E-state index in [2.05, 4.69) is 46.9 Å². The number of esters is 1. The van der Waals surface area contributed by atoms with Crippen molar-refractivity contribution in [2.45, 2.75) is 139 Å². The summed E-state index contributed by atoms with van der Waals surface area (Å²) < 4.78 is 11.6. The fraction of sp³-hybridized carbons (Fsp3) is 0.733. The number of methoxy groups -OCH3 is 1. The number of fused-ring (bicyclic) bond motifs is 7. The molecule has 5 aliphatic carbocycles. The zero-order valence-corrected chi connectivity index (χ0v) is 33.7. The minimum absolute atomic E-state index is 0.00524. The van der Waals surface area contributed by atoms with Crippen molar-refractivity contribution in [3.63, 3.8) is 0 Å². The van der Waals surface area contributed by atoms with Crippen LogP contribution >= 0.6 is 0 Å². The quantitative estimate of drug-likeness (QED) is 0.243. The van der Waals surface area contributed by atoms with Crippen molar-refractivity contribution in [3.05, 3.63) is 41.0 Å². The van der Waals surface area contributed by atoms with Gasteiger partial charge >= 0.3 is 5.97 Å². The molecule has 0 aliphatic heterocycles. The van der Waals surface area contributed by atoms with Crippen LogP contribution in [-0.2, 0) is 30.3 Å². The number of rotatable bonds is 10. The van der Waals surface area contributed by atoms with Crippen LogP contribution < -0.4 is 10.1 Å². The lowest BCUT2D eigenvalue weighted by molar-refractivity contribution is -0.213. The van der Waals surface area contributed by atoms with Gasteiger partial charge in [-0.15, -0.1) is 0 Å². The molecule has 286 valence electrons. The first-order valence-electron chi connectivity index (χ1n) is 20.2. The molecule has 4 fully saturated rings. The Labute approximate surface area is 312 Å². The fourth-order valence-corrected chi connectivity index (χ4v) is 12.7. The Morgan fingerprint density at radius 2 is 1.58 bits per heavy atom. The first-order valence-corrected chi connectivity index (χ1v) is 20.2. The topological polar surface area (TPSA) is 98.8 Å². The van der Waals surface area contributed by atoms with Crippen molar-refractivity contribution in [3.8, 4) is 5.75 Å². The van der Waals surface area contributed by atoms with E-state index in [9.17, 15) is 19.2 Å². The van der Waals surface area contributed by atoms with E-state index in [1.54, 1.807) is 14.0 Å². The maximum atomic E-state index is 14.4. The fourth-order valence-electron chi connectivity index (χ4n) is 12.7. The average molecular weight is 716 g/mol. The molecule has 6 rings (SSSR count). The number of nitrogens with one attached hydrogen (secondary N) is 1. The molecule has 7 heteroatoms. The number of carbonyl (C=O) groups is 4. The Kier molecular flexibility index (Phi) is 10.2. The highest BCUT2D eigenvalue weighted by Crippen LogP contribution is 2.73. The lowest BCUT2D eigenvalue weighted by atomic mass is 9.36. The Morgan fingerprint density at radius 3 is 2.21 bits per heavy atom. The highest BCUT2D eigenvalue weighted by Gasteiger charge is 2.67. The normalized spacial score (nSPS) is 35.2. The van der Waals surface area contributed by atoms with Gasteiger partial charge in [-0.1, -0.05) is 67.5 Å². The second-order valence-corrected chi connectivity index (χ2v) is 19.5. The van der Waals surface area contributed by atoms with Gasteiger partial charge in [0, 0.05) is 23.8 Å².